The number of fused-ring (bicyclic) bond motifs is 1. The number of nitrogens with one attached hydrogen (secondary N) is 1. The summed E-state index contributed by atoms with van der Waals surface area (Å²) in [5, 5.41) is 7.45. The van der Waals surface area contributed by atoms with Crippen molar-refractivity contribution < 1.29 is 14.1 Å². The third kappa shape index (κ3) is 4.93. The highest BCUT2D eigenvalue weighted by Crippen LogP contribution is 2.33. The molecule has 1 aliphatic carbocycles. The lowest BCUT2D eigenvalue weighted by Crippen LogP contribution is -2.44. The van der Waals surface area contributed by atoms with Crippen LogP contribution in [0.25, 0.3) is 11.4 Å². The first-order chi connectivity index (χ1) is 16.2. The van der Waals surface area contributed by atoms with E-state index >= 15 is 0 Å². The van der Waals surface area contributed by atoms with Crippen LogP contribution < -0.4 is 10.1 Å². The molecule has 0 radical (unpaired) electrons. The van der Waals surface area contributed by atoms with E-state index in [1.54, 1.807) is 7.11 Å². The van der Waals surface area contributed by atoms with Crippen LogP contribution in [0.5, 0.6) is 5.75 Å². The van der Waals surface area contributed by atoms with E-state index in [0.717, 1.165) is 50.0 Å². The largest absolute Gasteiger partial charge is 0.497 e. The number of carbonyl (C=O) groups excluding carboxylic acids is 1. The van der Waals surface area contributed by atoms with Gasteiger partial charge in [0.15, 0.2) is 0 Å². The fourth-order valence-electron chi connectivity index (χ4n) is 4.99. The zero-order valence-electron chi connectivity index (χ0n) is 19.0. The SMILES string of the molecule is COc1ccc2c(c1)CCCC2NC(=O)C1CCCN(Cc2nc(-c3ccccc3)no2)C1. The average molecular weight is 447 g/mol. The van der Waals surface area contributed by atoms with Crippen LogP contribution >= 0.6 is 0 Å². The molecule has 2 aromatic carbocycles. The Kier molecular flexibility index (Phi) is 6.39. The van der Waals surface area contributed by atoms with Crippen molar-refractivity contribution in [2.45, 2.75) is 44.7 Å². The number of methoxy groups -OCH3 is 1. The van der Waals surface area contributed by atoms with Crippen LogP contribution in [0.1, 0.15) is 48.7 Å². The van der Waals surface area contributed by atoms with Crippen molar-refractivity contribution >= 4 is 5.91 Å². The summed E-state index contributed by atoms with van der Waals surface area (Å²) >= 11 is 0. The molecular formula is C26H30N4O3. The smallest absolute Gasteiger partial charge is 0.241 e. The summed E-state index contributed by atoms with van der Waals surface area (Å²) in [6.45, 7) is 2.20. The summed E-state index contributed by atoms with van der Waals surface area (Å²) < 4.78 is 10.9. The molecule has 1 aromatic heterocycles. The van der Waals surface area contributed by atoms with Crippen molar-refractivity contribution in [3.8, 4) is 17.1 Å². The summed E-state index contributed by atoms with van der Waals surface area (Å²) in [5.41, 5.74) is 3.44. The Morgan fingerprint density at radius 3 is 2.91 bits per heavy atom. The van der Waals surface area contributed by atoms with E-state index < -0.39 is 0 Å². The van der Waals surface area contributed by atoms with Crippen LogP contribution in [0.15, 0.2) is 53.1 Å². The highest BCUT2D eigenvalue weighted by atomic mass is 16.5. The monoisotopic (exact) mass is 446 g/mol. The molecule has 7 nitrogen and oxygen atoms in total. The number of hydrogen-bond acceptors (Lipinski definition) is 6. The van der Waals surface area contributed by atoms with Gasteiger partial charge < -0.3 is 14.6 Å². The van der Waals surface area contributed by atoms with Crippen molar-refractivity contribution in [2.24, 2.45) is 5.92 Å². The molecule has 2 aliphatic rings. The number of amides is 1. The number of aromatic nitrogens is 2. The lowest BCUT2D eigenvalue weighted by Gasteiger charge is -2.33. The molecule has 1 amide bonds. The minimum absolute atomic E-state index is 0.0288. The number of likely N-dealkylation sites (tertiary alicyclic amines) is 1. The molecule has 172 valence electrons. The Balaban J connectivity index is 1.20. The van der Waals surface area contributed by atoms with Crippen LogP contribution in [0.2, 0.25) is 0 Å². The van der Waals surface area contributed by atoms with Gasteiger partial charge in [0.2, 0.25) is 17.6 Å². The van der Waals surface area contributed by atoms with Gasteiger partial charge in [0.05, 0.1) is 25.6 Å². The van der Waals surface area contributed by atoms with Gasteiger partial charge in [-0.1, -0.05) is 41.6 Å². The third-order valence-electron chi connectivity index (χ3n) is 6.72. The predicted molar refractivity (Wildman–Crippen MR) is 125 cm³/mol. The summed E-state index contributed by atoms with van der Waals surface area (Å²) in [6.07, 6.45) is 4.97. The van der Waals surface area contributed by atoms with Crippen molar-refractivity contribution in [1.29, 1.82) is 0 Å². The second-order valence-corrected chi connectivity index (χ2v) is 8.97. The van der Waals surface area contributed by atoms with E-state index in [0.29, 0.717) is 24.8 Å². The Morgan fingerprint density at radius 2 is 2.06 bits per heavy atom. The molecular weight excluding hydrogens is 416 g/mol. The Labute approximate surface area is 194 Å². The minimum Gasteiger partial charge on any atom is -0.497 e. The van der Waals surface area contributed by atoms with Gasteiger partial charge in [-0.15, -0.1) is 0 Å². The van der Waals surface area contributed by atoms with E-state index in [-0.39, 0.29) is 17.9 Å². The maximum Gasteiger partial charge on any atom is 0.241 e. The number of carbonyl (C=O) groups is 1. The highest BCUT2D eigenvalue weighted by molar-refractivity contribution is 5.79. The van der Waals surface area contributed by atoms with Crippen LogP contribution in [-0.4, -0.2) is 41.1 Å². The zero-order chi connectivity index (χ0) is 22.6. The molecule has 7 heteroatoms. The van der Waals surface area contributed by atoms with Crippen LogP contribution in [0, 0.1) is 5.92 Å². The number of nitrogens with zero attached hydrogens (tertiary/aromatic N) is 3. The van der Waals surface area contributed by atoms with E-state index in [4.69, 9.17) is 9.26 Å². The fraction of sp³-hybridized carbons (Fsp3) is 0.423. The standard InChI is InChI=1S/C26H30N4O3/c1-32-21-12-13-22-19(15-21)9-5-11-23(22)27-26(31)20-10-6-14-30(16-20)17-24-28-25(29-33-24)18-7-3-2-4-8-18/h2-4,7-8,12-13,15,20,23H,5-6,9-11,14,16-17H2,1H3,(H,27,31). The average Bonchev–Trinajstić information content (AvgIpc) is 3.33. The van der Waals surface area contributed by atoms with Gasteiger partial charge >= 0.3 is 0 Å². The number of ether oxygens (including phenoxy) is 1. The van der Waals surface area contributed by atoms with Gasteiger partial charge in [0.1, 0.15) is 5.75 Å². The molecule has 0 bridgehead atoms. The molecule has 2 heterocycles. The molecule has 1 saturated heterocycles. The number of rotatable bonds is 6. The predicted octanol–water partition coefficient (Wildman–Crippen LogP) is 4.15. The van der Waals surface area contributed by atoms with Gasteiger partial charge in [-0.3, -0.25) is 9.69 Å². The molecule has 0 spiro atoms. The first-order valence-corrected chi connectivity index (χ1v) is 11.8. The number of piperidine rings is 1. The minimum atomic E-state index is -0.0288. The third-order valence-corrected chi connectivity index (χ3v) is 6.72. The summed E-state index contributed by atoms with van der Waals surface area (Å²) in [4.78, 5) is 20.0. The lowest BCUT2D eigenvalue weighted by atomic mass is 9.86. The molecule has 2 unspecified atom stereocenters. The van der Waals surface area contributed by atoms with Gasteiger partial charge in [-0.2, -0.15) is 4.98 Å². The van der Waals surface area contributed by atoms with Crippen LogP contribution in [0.3, 0.4) is 0 Å². The maximum absolute atomic E-state index is 13.2. The van der Waals surface area contributed by atoms with E-state index in [1.165, 1.54) is 11.1 Å². The van der Waals surface area contributed by atoms with Gasteiger partial charge in [-0.25, -0.2) is 0 Å². The zero-order valence-corrected chi connectivity index (χ0v) is 19.0. The highest BCUT2D eigenvalue weighted by Gasteiger charge is 2.30. The van der Waals surface area contributed by atoms with Crippen molar-refractivity contribution in [2.75, 3.05) is 20.2 Å². The molecule has 2 atom stereocenters. The van der Waals surface area contributed by atoms with Gasteiger partial charge in [0, 0.05) is 12.1 Å². The maximum atomic E-state index is 13.2. The number of aryl methyl sites for hydroxylation is 1. The van der Waals surface area contributed by atoms with E-state index in [9.17, 15) is 4.79 Å². The van der Waals surface area contributed by atoms with E-state index in [2.05, 4.69) is 32.5 Å². The van der Waals surface area contributed by atoms with Crippen LogP contribution in [-0.2, 0) is 17.8 Å². The molecule has 1 fully saturated rings. The topological polar surface area (TPSA) is 80.5 Å². The summed E-state index contributed by atoms with van der Waals surface area (Å²) in [7, 11) is 1.69. The molecule has 3 aromatic rings. The first kappa shape index (κ1) is 21.6. The summed E-state index contributed by atoms with van der Waals surface area (Å²) in [5.74, 6) is 2.18. The lowest BCUT2D eigenvalue weighted by molar-refractivity contribution is -0.127. The Hall–Kier alpha value is -3.19. The Morgan fingerprint density at radius 1 is 1.18 bits per heavy atom. The quantitative estimate of drug-likeness (QED) is 0.613. The van der Waals surface area contributed by atoms with Gasteiger partial charge in [-0.05, 0) is 61.9 Å². The second kappa shape index (κ2) is 9.75. The number of benzene rings is 2. The van der Waals surface area contributed by atoms with Gasteiger partial charge in [0.25, 0.3) is 0 Å². The number of hydrogen-bond donors (Lipinski definition) is 1. The van der Waals surface area contributed by atoms with E-state index in [1.807, 2.05) is 36.4 Å². The molecule has 0 saturated carbocycles. The van der Waals surface area contributed by atoms with Crippen LogP contribution in [0.4, 0.5) is 0 Å². The normalized spacial score (nSPS) is 20.8. The molecule has 33 heavy (non-hydrogen) atoms. The Bertz CT molecular complexity index is 1100. The second-order valence-electron chi connectivity index (χ2n) is 8.97. The van der Waals surface area contributed by atoms with Crippen molar-refractivity contribution in [3.63, 3.8) is 0 Å². The fourth-order valence-corrected chi connectivity index (χ4v) is 4.99. The molecule has 1 N–H and O–H groups in total. The molecule has 1 aliphatic heterocycles. The molecule has 5 rings (SSSR count). The first-order valence-electron chi connectivity index (χ1n) is 11.8. The summed E-state index contributed by atoms with van der Waals surface area (Å²) in [6, 6.07) is 16.1. The van der Waals surface area contributed by atoms with Crippen molar-refractivity contribution in [3.05, 3.63) is 65.5 Å². The van der Waals surface area contributed by atoms with Crippen molar-refractivity contribution in [1.82, 2.24) is 20.4 Å².